The quantitative estimate of drug-likeness (QED) is 0.268. The fourth-order valence-corrected chi connectivity index (χ4v) is 5.33. The van der Waals surface area contributed by atoms with Gasteiger partial charge >= 0.3 is 0 Å². The smallest absolute Gasteiger partial charge is 0.258 e. The van der Waals surface area contributed by atoms with Gasteiger partial charge in [0.2, 0.25) is 0 Å². The average Bonchev–Trinajstić information content (AvgIpc) is 3.27. The number of ether oxygens (including phenoxy) is 2. The molecule has 0 saturated heterocycles. The molecule has 0 saturated carbocycles. The van der Waals surface area contributed by atoms with Crippen molar-refractivity contribution in [1.29, 1.82) is 0 Å². The highest BCUT2D eigenvalue weighted by Crippen LogP contribution is 2.39. The number of aromatic nitrogens is 2. The number of rotatable bonds is 7. The van der Waals surface area contributed by atoms with Gasteiger partial charge in [0.05, 0.1) is 39.3 Å². The first-order chi connectivity index (χ1) is 16.3. The minimum Gasteiger partial charge on any atom is -0.496 e. The third-order valence-electron chi connectivity index (χ3n) is 5.37. The van der Waals surface area contributed by atoms with Gasteiger partial charge in [-0.1, -0.05) is 0 Å². The lowest BCUT2D eigenvalue weighted by molar-refractivity contribution is 0.102. The summed E-state index contributed by atoms with van der Waals surface area (Å²) >= 11 is 3.58. The molecule has 0 spiro atoms. The number of benzene rings is 2. The van der Waals surface area contributed by atoms with E-state index in [0.29, 0.717) is 34.1 Å². The highest BCUT2D eigenvalue weighted by molar-refractivity contribution is 14.1. The molecule has 0 bridgehead atoms. The summed E-state index contributed by atoms with van der Waals surface area (Å²) in [7, 11) is 7.17. The van der Waals surface area contributed by atoms with E-state index < -0.39 is 0 Å². The average molecular weight is 589 g/mol. The first-order valence-electron chi connectivity index (χ1n) is 10.3. The number of hydrogen-bond acceptors (Lipinski definition) is 8. The monoisotopic (exact) mass is 589 g/mol. The number of hydrogen-bond donors (Lipinski definition) is 2. The van der Waals surface area contributed by atoms with Crippen LogP contribution in [0.4, 0.5) is 22.9 Å². The van der Waals surface area contributed by atoms with E-state index in [1.54, 1.807) is 19.6 Å². The minimum atomic E-state index is -0.262. The molecule has 0 atom stereocenters. The zero-order valence-electron chi connectivity index (χ0n) is 19.4. The van der Waals surface area contributed by atoms with E-state index in [1.165, 1.54) is 17.7 Å². The van der Waals surface area contributed by atoms with E-state index in [0.717, 1.165) is 25.2 Å². The van der Waals surface area contributed by atoms with Crippen LogP contribution in [0.15, 0.2) is 42.0 Å². The number of carbonyl (C=O) groups excluding carboxylic acids is 1. The van der Waals surface area contributed by atoms with Crippen molar-refractivity contribution in [2.75, 3.05) is 43.8 Å². The zero-order valence-corrected chi connectivity index (χ0v) is 22.4. The molecule has 1 amide bonds. The van der Waals surface area contributed by atoms with Crippen LogP contribution in [0.2, 0.25) is 0 Å². The molecule has 8 nitrogen and oxygen atoms in total. The molecule has 2 aromatic carbocycles. The normalized spacial score (nSPS) is 10.8. The number of fused-ring (bicyclic) bond motifs is 1. The molecule has 0 aliphatic heterocycles. The number of methoxy groups -OCH3 is 2. The van der Waals surface area contributed by atoms with Crippen molar-refractivity contribution in [3.63, 3.8) is 0 Å². The molecule has 4 aromatic rings. The zero-order chi connectivity index (χ0) is 24.4. The van der Waals surface area contributed by atoms with Gasteiger partial charge in [0.15, 0.2) is 5.82 Å². The predicted octanol–water partition coefficient (Wildman–Crippen LogP) is 5.68. The lowest BCUT2D eigenvalue weighted by atomic mass is 10.1. The Morgan fingerprint density at radius 3 is 2.44 bits per heavy atom. The summed E-state index contributed by atoms with van der Waals surface area (Å²) in [6, 6.07) is 9.85. The Balaban J connectivity index is 1.65. The van der Waals surface area contributed by atoms with Crippen LogP contribution in [0.1, 0.15) is 15.9 Å². The van der Waals surface area contributed by atoms with Crippen molar-refractivity contribution < 1.29 is 14.3 Å². The van der Waals surface area contributed by atoms with Crippen LogP contribution < -0.4 is 25.0 Å². The first kappa shape index (κ1) is 24.0. The molecule has 10 heteroatoms. The maximum atomic E-state index is 13.3. The molecule has 2 heterocycles. The SMILES string of the molecule is COc1cc(OC)c(I)c(NC(=O)c2csc3c(Nc4ccc(N(C)C)cc4)ncnc23)c1C. The van der Waals surface area contributed by atoms with E-state index in [9.17, 15) is 4.79 Å². The maximum Gasteiger partial charge on any atom is 0.258 e. The standard InChI is InChI=1S/C24H24IN5O3S/c1-13-17(32-4)10-18(33-5)19(25)20(13)29-24(31)16-11-34-22-21(16)26-12-27-23(22)28-14-6-8-15(9-7-14)30(2)3/h6-12H,1-5H3,(H,29,31)(H,26,27,28). The second-order valence-corrected chi connectivity index (χ2v) is 9.62. The van der Waals surface area contributed by atoms with Crippen molar-refractivity contribution >= 4 is 72.9 Å². The number of nitrogens with one attached hydrogen (secondary N) is 2. The summed E-state index contributed by atoms with van der Waals surface area (Å²) in [6.07, 6.45) is 1.46. The number of nitrogens with zero attached hydrogens (tertiary/aromatic N) is 3. The Hall–Kier alpha value is -3.12. The van der Waals surface area contributed by atoms with Gasteiger partial charge in [-0.25, -0.2) is 9.97 Å². The van der Waals surface area contributed by atoms with E-state index in [2.05, 4.69) is 43.2 Å². The van der Waals surface area contributed by atoms with Crippen molar-refractivity contribution in [2.45, 2.75) is 6.92 Å². The molecule has 0 radical (unpaired) electrons. The third kappa shape index (κ3) is 4.60. The van der Waals surface area contributed by atoms with Crippen molar-refractivity contribution in [3.05, 3.63) is 56.7 Å². The van der Waals surface area contributed by atoms with Gasteiger partial charge in [0.1, 0.15) is 17.8 Å². The van der Waals surface area contributed by atoms with Crippen LogP contribution in [0.3, 0.4) is 0 Å². The molecule has 2 N–H and O–H groups in total. The van der Waals surface area contributed by atoms with E-state index in [-0.39, 0.29) is 5.91 Å². The van der Waals surface area contributed by atoms with Gasteiger partial charge in [-0.3, -0.25) is 4.79 Å². The Morgan fingerprint density at radius 2 is 1.79 bits per heavy atom. The first-order valence-corrected chi connectivity index (χ1v) is 12.3. The number of carbonyl (C=O) groups is 1. The van der Waals surface area contributed by atoms with Gasteiger partial charge in [-0.15, -0.1) is 11.3 Å². The summed E-state index contributed by atoms with van der Waals surface area (Å²) in [5, 5.41) is 8.16. The lowest BCUT2D eigenvalue weighted by Crippen LogP contribution is -2.14. The van der Waals surface area contributed by atoms with Gasteiger partial charge in [-0.2, -0.15) is 0 Å². The summed E-state index contributed by atoms with van der Waals surface area (Å²) in [5.74, 6) is 1.66. The highest BCUT2D eigenvalue weighted by Gasteiger charge is 2.21. The topological polar surface area (TPSA) is 88.6 Å². The van der Waals surface area contributed by atoms with Crippen LogP contribution in [0.5, 0.6) is 11.5 Å². The molecule has 176 valence electrons. The number of halogens is 1. The van der Waals surface area contributed by atoms with Gasteiger partial charge < -0.3 is 25.0 Å². The maximum absolute atomic E-state index is 13.3. The lowest BCUT2D eigenvalue weighted by Gasteiger charge is -2.16. The van der Waals surface area contributed by atoms with Crippen LogP contribution in [0.25, 0.3) is 10.2 Å². The Kier molecular flexibility index (Phi) is 7.08. The highest BCUT2D eigenvalue weighted by atomic mass is 127. The van der Waals surface area contributed by atoms with Gasteiger partial charge in [0, 0.05) is 42.5 Å². The van der Waals surface area contributed by atoms with Crippen molar-refractivity contribution in [1.82, 2.24) is 9.97 Å². The fourth-order valence-electron chi connectivity index (χ4n) is 3.47. The van der Waals surface area contributed by atoms with Crippen molar-refractivity contribution in [2.24, 2.45) is 0 Å². The summed E-state index contributed by atoms with van der Waals surface area (Å²) in [6.45, 7) is 1.90. The molecule has 4 rings (SSSR count). The fraction of sp³-hybridized carbons (Fsp3) is 0.208. The summed E-state index contributed by atoms with van der Waals surface area (Å²) in [5.41, 5.74) is 4.54. The Bertz CT molecular complexity index is 1330. The number of thiophene rings is 1. The van der Waals surface area contributed by atoms with Gasteiger partial charge in [0.25, 0.3) is 5.91 Å². The van der Waals surface area contributed by atoms with Crippen LogP contribution >= 0.6 is 33.9 Å². The molecule has 0 unspecified atom stereocenters. The molecule has 0 aliphatic carbocycles. The van der Waals surface area contributed by atoms with Crippen LogP contribution in [-0.4, -0.2) is 44.2 Å². The Morgan fingerprint density at radius 1 is 1.09 bits per heavy atom. The third-order valence-corrected chi connectivity index (χ3v) is 7.41. The second-order valence-electron chi connectivity index (χ2n) is 7.66. The number of anilines is 4. The molecule has 0 aliphatic rings. The van der Waals surface area contributed by atoms with E-state index in [4.69, 9.17) is 9.47 Å². The molecule has 0 fully saturated rings. The molecule has 2 aromatic heterocycles. The van der Waals surface area contributed by atoms with E-state index >= 15 is 0 Å². The van der Waals surface area contributed by atoms with Gasteiger partial charge in [-0.05, 0) is 53.8 Å². The summed E-state index contributed by atoms with van der Waals surface area (Å²) < 4.78 is 12.5. The summed E-state index contributed by atoms with van der Waals surface area (Å²) in [4.78, 5) is 24.1. The predicted molar refractivity (Wildman–Crippen MR) is 146 cm³/mol. The van der Waals surface area contributed by atoms with E-state index in [1.807, 2.05) is 56.3 Å². The molecular weight excluding hydrogens is 565 g/mol. The van der Waals surface area contributed by atoms with Crippen LogP contribution in [-0.2, 0) is 0 Å². The second kappa shape index (κ2) is 10.0. The largest absolute Gasteiger partial charge is 0.496 e. The van der Waals surface area contributed by atoms with Crippen molar-refractivity contribution in [3.8, 4) is 11.5 Å². The molecule has 34 heavy (non-hydrogen) atoms. The minimum absolute atomic E-state index is 0.262. The van der Waals surface area contributed by atoms with Crippen LogP contribution in [0, 0.1) is 10.5 Å². The Labute approximate surface area is 215 Å². The molecular formula is C24H24IN5O3S. The number of amides is 1.